The predicted molar refractivity (Wildman–Crippen MR) is 77.8 cm³/mol. The molecule has 20 heavy (non-hydrogen) atoms. The van der Waals surface area contributed by atoms with Crippen molar-refractivity contribution in [3.8, 4) is 6.07 Å². The van der Waals surface area contributed by atoms with E-state index >= 15 is 0 Å². The number of nitriles is 1. The Hall–Kier alpha value is -1.89. The molecule has 0 aliphatic rings. The third kappa shape index (κ3) is 3.57. The molecule has 102 valence electrons. The lowest BCUT2D eigenvalue weighted by Crippen LogP contribution is -2.18. The van der Waals surface area contributed by atoms with Gasteiger partial charge in [-0.3, -0.25) is 0 Å². The summed E-state index contributed by atoms with van der Waals surface area (Å²) < 4.78 is 13.2. The van der Waals surface area contributed by atoms with E-state index in [4.69, 9.17) is 16.9 Å². The van der Waals surface area contributed by atoms with E-state index in [1.807, 2.05) is 25.1 Å². The van der Waals surface area contributed by atoms with E-state index in [9.17, 15) is 4.39 Å². The first-order valence-electron chi connectivity index (χ1n) is 6.27. The minimum Gasteiger partial charge on any atom is -0.306 e. The molecule has 4 heteroatoms. The Morgan fingerprint density at radius 2 is 2.10 bits per heavy atom. The predicted octanol–water partition coefficient (Wildman–Crippen LogP) is 4.20. The molecule has 0 aromatic heterocycles. The Morgan fingerprint density at radius 1 is 1.30 bits per heavy atom. The van der Waals surface area contributed by atoms with Gasteiger partial charge in [0.15, 0.2) is 0 Å². The second kappa shape index (κ2) is 6.51. The van der Waals surface area contributed by atoms with Crippen molar-refractivity contribution in [2.24, 2.45) is 0 Å². The Kier molecular flexibility index (Phi) is 4.73. The van der Waals surface area contributed by atoms with Crippen molar-refractivity contribution in [1.29, 1.82) is 5.26 Å². The van der Waals surface area contributed by atoms with E-state index in [1.54, 1.807) is 18.2 Å². The fourth-order valence-electron chi connectivity index (χ4n) is 1.92. The fourth-order valence-corrected chi connectivity index (χ4v) is 2.16. The lowest BCUT2D eigenvalue weighted by molar-refractivity contribution is 0.565. The van der Waals surface area contributed by atoms with Crippen LogP contribution in [-0.4, -0.2) is 0 Å². The zero-order chi connectivity index (χ0) is 14.5. The summed E-state index contributed by atoms with van der Waals surface area (Å²) in [7, 11) is 0. The first-order valence-corrected chi connectivity index (χ1v) is 6.65. The highest BCUT2D eigenvalue weighted by atomic mass is 35.5. The van der Waals surface area contributed by atoms with Crippen molar-refractivity contribution in [3.63, 3.8) is 0 Å². The molecule has 1 atom stereocenters. The number of nitrogens with zero attached hydrogens (tertiary/aromatic N) is 1. The van der Waals surface area contributed by atoms with Crippen LogP contribution in [0.3, 0.4) is 0 Å². The standard InChI is InChI=1S/C16H14ClFN2/c1-11(13-3-2-4-15(18)8-13)20-10-14-6-5-12(9-19)7-16(14)17/h2-8,11,20H,10H2,1H3/t11-/m1/s1. The minimum atomic E-state index is -0.243. The van der Waals surface area contributed by atoms with Gasteiger partial charge >= 0.3 is 0 Å². The van der Waals surface area contributed by atoms with Crippen molar-refractivity contribution >= 4 is 11.6 Å². The molecule has 0 bridgehead atoms. The van der Waals surface area contributed by atoms with Crippen LogP contribution < -0.4 is 5.32 Å². The summed E-state index contributed by atoms with van der Waals surface area (Å²) in [6, 6.07) is 13.8. The summed E-state index contributed by atoms with van der Waals surface area (Å²) in [6.45, 7) is 2.52. The molecule has 0 fully saturated rings. The van der Waals surface area contributed by atoms with E-state index < -0.39 is 0 Å². The molecule has 2 nitrogen and oxygen atoms in total. The second-order valence-corrected chi connectivity index (χ2v) is 4.98. The molecule has 2 aromatic carbocycles. The molecule has 0 unspecified atom stereocenters. The largest absolute Gasteiger partial charge is 0.306 e. The van der Waals surface area contributed by atoms with Crippen LogP contribution in [0.2, 0.25) is 5.02 Å². The van der Waals surface area contributed by atoms with Crippen LogP contribution in [0, 0.1) is 17.1 Å². The van der Waals surface area contributed by atoms with E-state index in [-0.39, 0.29) is 11.9 Å². The molecule has 0 radical (unpaired) electrons. The van der Waals surface area contributed by atoms with Crippen molar-refractivity contribution in [3.05, 3.63) is 70.0 Å². The Balaban J connectivity index is 2.04. The summed E-state index contributed by atoms with van der Waals surface area (Å²) in [6.07, 6.45) is 0. The fraction of sp³-hybridized carbons (Fsp3) is 0.188. The maximum atomic E-state index is 13.2. The van der Waals surface area contributed by atoms with Crippen LogP contribution in [0.5, 0.6) is 0 Å². The van der Waals surface area contributed by atoms with Gasteiger partial charge in [-0.25, -0.2) is 4.39 Å². The SMILES string of the molecule is C[C@@H](NCc1ccc(C#N)cc1Cl)c1cccc(F)c1. The molecular formula is C16H14ClFN2. The van der Waals surface area contributed by atoms with Gasteiger partial charge in [0.1, 0.15) is 5.82 Å². The van der Waals surface area contributed by atoms with E-state index in [0.29, 0.717) is 17.1 Å². The van der Waals surface area contributed by atoms with Crippen LogP contribution in [0.15, 0.2) is 42.5 Å². The minimum absolute atomic E-state index is 0.0115. The summed E-state index contributed by atoms with van der Waals surface area (Å²) in [5, 5.41) is 12.6. The first kappa shape index (κ1) is 14.5. The monoisotopic (exact) mass is 288 g/mol. The first-order chi connectivity index (χ1) is 9.60. The van der Waals surface area contributed by atoms with Gasteiger partial charge < -0.3 is 5.32 Å². The molecule has 0 saturated heterocycles. The average molecular weight is 289 g/mol. The van der Waals surface area contributed by atoms with Gasteiger partial charge in [0.2, 0.25) is 0 Å². The zero-order valence-electron chi connectivity index (χ0n) is 11.0. The maximum Gasteiger partial charge on any atom is 0.123 e. The lowest BCUT2D eigenvalue weighted by atomic mass is 10.1. The number of rotatable bonds is 4. The Labute approximate surface area is 122 Å². The molecule has 2 aromatic rings. The van der Waals surface area contributed by atoms with Crippen molar-refractivity contribution < 1.29 is 4.39 Å². The summed E-state index contributed by atoms with van der Waals surface area (Å²) in [5.41, 5.74) is 2.33. The Morgan fingerprint density at radius 3 is 2.75 bits per heavy atom. The highest BCUT2D eigenvalue weighted by Gasteiger charge is 2.07. The van der Waals surface area contributed by atoms with Crippen LogP contribution >= 0.6 is 11.6 Å². The van der Waals surface area contributed by atoms with Gasteiger partial charge in [0.25, 0.3) is 0 Å². The highest BCUT2D eigenvalue weighted by molar-refractivity contribution is 6.31. The molecule has 0 saturated carbocycles. The maximum absolute atomic E-state index is 13.2. The number of hydrogen-bond donors (Lipinski definition) is 1. The number of hydrogen-bond acceptors (Lipinski definition) is 2. The van der Waals surface area contributed by atoms with Crippen LogP contribution in [-0.2, 0) is 6.54 Å². The second-order valence-electron chi connectivity index (χ2n) is 4.58. The summed E-state index contributed by atoms with van der Waals surface area (Å²) in [4.78, 5) is 0. The highest BCUT2D eigenvalue weighted by Crippen LogP contribution is 2.19. The van der Waals surface area contributed by atoms with Crippen LogP contribution in [0.25, 0.3) is 0 Å². The smallest absolute Gasteiger partial charge is 0.123 e. The van der Waals surface area contributed by atoms with Gasteiger partial charge in [-0.1, -0.05) is 29.8 Å². The third-order valence-electron chi connectivity index (χ3n) is 3.13. The van der Waals surface area contributed by atoms with Gasteiger partial charge in [-0.05, 0) is 42.3 Å². The number of nitrogens with one attached hydrogen (secondary N) is 1. The van der Waals surface area contributed by atoms with Gasteiger partial charge in [0, 0.05) is 17.6 Å². The molecule has 2 rings (SSSR count). The molecule has 1 N–H and O–H groups in total. The van der Waals surface area contributed by atoms with Crippen molar-refractivity contribution in [2.45, 2.75) is 19.5 Å². The normalized spacial score (nSPS) is 11.9. The molecule has 0 aliphatic heterocycles. The quantitative estimate of drug-likeness (QED) is 0.915. The zero-order valence-corrected chi connectivity index (χ0v) is 11.8. The van der Waals surface area contributed by atoms with E-state index in [1.165, 1.54) is 12.1 Å². The summed E-state index contributed by atoms with van der Waals surface area (Å²) >= 11 is 6.11. The molecule has 0 amide bonds. The van der Waals surface area contributed by atoms with Crippen molar-refractivity contribution in [1.82, 2.24) is 5.32 Å². The third-order valence-corrected chi connectivity index (χ3v) is 3.48. The van der Waals surface area contributed by atoms with Crippen LogP contribution in [0.4, 0.5) is 4.39 Å². The average Bonchev–Trinajstić information content (AvgIpc) is 2.45. The van der Waals surface area contributed by atoms with Crippen LogP contribution in [0.1, 0.15) is 29.7 Å². The molecule has 0 spiro atoms. The summed E-state index contributed by atoms with van der Waals surface area (Å²) in [5.74, 6) is -0.243. The van der Waals surface area contributed by atoms with E-state index in [2.05, 4.69) is 5.32 Å². The van der Waals surface area contributed by atoms with Gasteiger partial charge in [-0.15, -0.1) is 0 Å². The van der Waals surface area contributed by atoms with Crippen molar-refractivity contribution in [2.75, 3.05) is 0 Å². The molecule has 0 heterocycles. The Bertz CT molecular complexity index is 649. The van der Waals surface area contributed by atoms with Gasteiger partial charge in [-0.2, -0.15) is 5.26 Å². The number of halogens is 2. The molecule has 0 aliphatic carbocycles. The number of benzene rings is 2. The topological polar surface area (TPSA) is 35.8 Å². The van der Waals surface area contributed by atoms with Gasteiger partial charge in [0.05, 0.1) is 11.6 Å². The lowest BCUT2D eigenvalue weighted by Gasteiger charge is -2.15. The van der Waals surface area contributed by atoms with E-state index in [0.717, 1.165) is 11.1 Å². The molecular weight excluding hydrogens is 275 g/mol.